The first kappa shape index (κ1) is 38.2. The van der Waals surface area contributed by atoms with Crippen molar-refractivity contribution in [3.63, 3.8) is 0 Å². The molecule has 0 saturated carbocycles. The van der Waals surface area contributed by atoms with Gasteiger partial charge in [-0.05, 0) is 46.5 Å². The van der Waals surface area contributed by atoms with Gasteiger partial charge in [0.15, 0.2) is 10.1 Å². The minimum atomic E-state index is -6.09. The maximum Gasteiger partial charge on any atom is 0.501 e. The number of carbonyl (C=O) groups excluding carboxylic acids is 1. The lowest BCUT2D eigenvalue weighted by Gasteiger charge is -2.35. The van der Waals surface area contributed by atoms with E-state index in [0.29, 0.717) is 39.0 Å². The summed E-state index contributed by atoms with van der Waals surface area (Å²) in [6.07, 6.45) is 3.18. The van der Waals surface area contributed by atoms with Crippen molar-refractivity contribution in [3.8, 4) is 0 Å². The maximum absolute atomic E-state index is 12.0. The molecule has 0 fully saturated rings. The molecule has 1 amide bonds. The third kappa shape index (κ3) is 17.3. The summed E-state index contributed by atoms with van der Waals surface area (Å²) in [6, 6.07) is 0.703. The first-order chi connectivity index (χ1) is 17.2. The molecule has 0 atom stereocenters. The molecule has 0 aromatic heterocycles. The number of amides is 1. The Morgan fingerprint density at radius 1 is 0.865 bits per heavy atom. The smallest absolute Gasteiger partial charge is 0.501 e. The molecule has 37 heavy (non-hydrogen) atoms. The van der Waals surface area contributed by atoms with Gasteiger partial charge >= 0.3 is 20.4 Å². The third-order valence-electron chi connectivity index (χ3n) is 5.60. The Bertz CT molecular complexity index is 666. The Morgan fingerprint density at radius 3 is 1.59 bits per heavy atom. The van der Waals surface area contributed by atoms with E-state index in [4.69, 9.17) is 31.0 Å². The van der Waals surface area contributed by atoms with Gasteiger partial charge in [0.2, 0.25) is 0 Å². The summed E-state index contributed by atoms with van der Waals surface area (Å²) in [4.78, 5) is 12.0. The van der Waals surface area contributed by atoms with E-state index in [-0.39, 0.29) is 6.09 Å². The standard InChI is InChI=1S/C21H46N2O5Si.CHF3O3S/c1-7-16-26-29(27-17-8-2,28-18-9-3)20-13-14-22-21(24)25-19-15-23(10-4,11-5)12-6;2-1(3,4)8(5,6)7/h7-20H2,1-6H3;(H,5,6,7). The van der Waals surface area contributed by atoms with Gasteiger partial charge in [-0.1, -0.05) is 20.8 Å². The number of rotatable bonds is 19. The summed E-state index contributed by atoms with van der Waals surface area (Å²) < 4.78 is 83.5. The van der Waals surface area contributed by atoms with Crippen LogP contribution in [-0.4, -0.2) is 97.0 Å². The van der Waals surface area contributed by atoms with Crippen LogP contribution >= 0.6 is 0 Å². The highest BCUT2D eigenvalue weighted by Crippen LogP contribution is 2.21. The molecule has 15 heteroatoms. The largest absolute Gasteiger partial charge is 0.741 e. The number of alkyl carbamates (subject to hydrolysis) is 1. The second-order valence-corrected chi connectivity index (χ2v) is 12.4. The van der Waals surface area contributed by atoms with E-state index in [9.17, 15) is 18.0 Å². The molecular formula is C22H47F3N2O8SSi. The van der Waals surface area contributed by atoms with E-state index in [1.54, 1.807) is 0 Å². The highest BCUT2D eigenvalue weighted by molar-refractivity contribution is 7.86. The van der Waals surface area contributed by atoms with Crippen molar-refractivity contribution in [1.82, 2.24) is 5.32 Å². The molecule has 1 N–H and O–H groups in total. The number of hydrogen-bond donors (Lipinski definition) is 1. The minimum absolute atomic E-state index is 0.350. The first-order valence-corrected chi connectivity index (χ1v) is 16.3. The lowest BCUT2D eigenvalue weighted by Crippen LogP contribution is -2.50. The lowest BCUT2D eigenvalue weighted by atomic mass is 10.3. The molecule has 0 aromatic carbocycles. The van der Waals surface area contributed by atoms with Gasteiger partial charge in [-0.3, -0.25) is 0 Å². The van der Waals surface area contributed by atoms with Crippen molar-refractivity contribution in [2.75, 3.05) is 59.2 Å². The predicted octanol–water partition coefficient (Wildman–Crippen LogP) is 4.25. The van der Waals surface area contributed by atoms with Crippen molar-refractivity contribution in [3.05, 3.63) is 0 Å². The maximum atomic E-state index is 12.0. The van der Waals surface area contributed by atoms with Crippen LogP contribution in [0, 0.1) is 0 Å². The van der Waals surface area contributed by atoms with Crippen LogP contribution < -0.4 is 5.32 Å². The number of quaternary nitrogens is 1. The van der Waals surface area contributed by atoms with Crippen molar-refractivity contribution in [2.45, 2.75) is 78.8 Å². The summed E-state index contributed by atoms with van der Waals surface area (Å²) in [6.45, 7) is 19.7. The Kier molecular flexibility index (Phi) is 20.6. The van der Waals surface area contributed by atoms with Crippen LogP contribution in [0.15, 0.2) is 0 Å². The van der Waals surface area contributed by atoms with Gasteiger partial charge in [-0.2, -0.15) is 13.2 Å². The minimum Gasteiger partial charge on any atom is -0.741 e. The molecule has 0 rings (SSSR count). The van der Waals surface area contributed by atoms with Crippen molar-refractivity contribution >= 4 is 25.0 Å². The first-order valence-electron chi connectivity index (χ1n) is 12.9. The summed E-state index contributed by atoms with van der Waals surface area (Å²) >= 11 is 0. The van der Waals surface area contributed by atoms with Gasteiger partial charge in [-0.15, -0.1) is 0 Å². The number of nitrogens with zero attached hydrogens (tertiary/aromatic N) is 1. The zero-order valence-corrected chi connectivity index (χ0v) is 25.0. The zero-order valence-electron chi connectivity index (χ0n) is 23.2. The third-order valence-corrected chi connectivity index (χ3v) is 9.07. The van der Waals surface area contributed by atoms with Crippen LogP contribution in [0.4, 0.5) is 18.0 Å². The number of nitrogens with one attached hydrogen (secondary N) is 1. The SMILES string of the molecule is CCCO[Si](CCCNC(=O)OCC[N+](CC)(CC)CC)(OCCC)OCCC.O=S(=O)([O-])C(F)(F)F. The second-order valence-electron chi connectivity index (χ2n) is 8.31. The molecule has 0 heterocycles. The van der Waals surface area contributed by atoms with E-state index in [2.05, 4.69) is 46.9 Å². The fraction of sp³-hybridized carbons (Fsp3) is 0.955. The Balaban J connectivity index is 0. The van der Waals surface area contributed by atoms with Crippen molar-refractivity contribution in [2.24, 2.45) is 0 Å². The fourth-order valence-corrected chi connectivity index (χ4v) is 5.98. The highest BCUT2D eigenvalue weighted by atomic mass is 32.2. The number of likely N-dealkylation sites (N-methyl/N-ethyl adjacent to an activating group) is 1. The highest BCUT2D eigenvalue weighted by Gasteiger charge is 2.40. The molecule has 224 valence electrons. The second kappa shape index (κ2) is 20.0. The summed E-state index contributed by atoms with van der Waals surface area (Å²) in [5.74, 6) is 0. The zero-order chi connectivity index (χ0) is 29.0. The summed E-state index contributed by atoms with van der Waals surface area (Å²) in [5, 5.41) is 2.85. The molecular weight excluding hydrogens is 537 g/mol. The monoisotopic (exact) mass is 584 g/mol. The predicted molar refractivity (Wildman–Crippen MR) is 136 cm³/mol. The van der Waals surface area contributed by atoms with Gasteiger partial charge in [0, 0.05) is 32.4 Å². The van der Waals surface area contributed by atoms with E-state index < -0.39 is 24.4 Å². The number of alkyl halides is 3. The molecule has 0 spiro atoms. The van der Waals surface area contributed by atoms with Gasteiger partial charge < -0.3 is 32.4 Å². The summed E-state index contributed by atoms with van der Waals surface area (Å²) in [5.41, 5.74) is -5.65. The van der Waals surface area contributed by atoms with Crippen LogP contribution in [0.5, 0.6) is 0 Å². The normalized spacial score (nSPS) is 12.6. The summed E-state index contributed by atoms with van der Waals surface area (Å²) in [7, 11) is -8.78. The fourth-order valence-electron chi connectivity index (χ4n) is 3.14. The lowest BCUT2D eigenvalue weighted by molar-refractivity contribution is -0.923. The molecule has 0 aliphatic carbocycles. The van der Waals surface area contributed by atoms with Gasteiger partial charge in [0.25, 0.3) is 0 Å². The van der Waals surface area contributed by atoms with Gasteiger partial charge in [0.05, 0.1) is 19.6 Å². The molecule has 0 saturated heterocycles. The van der Waals surface area contributed by atoms with Crippen LogP contribution in [0.25, 0.3) is 0 Å². The molecule has 0 bridgehead atoms. The average molecular weight is 585 g/mol. The Morgan fingerprint density at radius 2 is 1.27 bits per heavy atom. The average Bonchev–Trinajstić information content (AvgIpc) is 2.84. The van der Waals surface area contributed by atoms with Crippen molar-refractivity contribution < 1.29 is 53.4 Å². The molecule has 0 aliphatic rings. The van der Waals surface area contributed by atoms with E-state index in [1.165, 1.54) is 0 Å². The molecule has 0 unspecified atom stereocenters. The molecule has 0 aromatic rings. The topological polar surface area (TPSA) is 123 Å². The van der Waals surface area contributed by atoms with Gasteiger partial charge in [-0.25, -0.2) is 13.2 Å². The molecule has 0 aliphatic heterocycles. The molecule has 0 radical (unpaired) electrons. The number of hydrogen-bond acceptors (Lipinski definition) is 8. The van der Waals surface area contributed by atoms with Gasteiger partial charge in [0.1, 0.15) is 13.2 Å². The van der Waals surface area contributed by atoms with Crippen LogP contribution in [0.1, 0.15) is 67.2 Å². The number of halogens is 3. The Hall–Kier alpha value is -0.973. The van der Waals surface area contributed by atoms with Crippen LogP contribution in [0.3, 0.4) is 0 Å². The number of ether oxygens (including phenoxy) is 1. The van der Waals surface area contributed by atoms with E-state index in [1.807, 2.05) is 0 Å². The van der Waals surface area contributed by atoms with Crippen LogP contribution in [-0.2, 0) is 28.1 Å². The van der Waals surface area contributed by atoms with Crippen LogP contribution in [0.2, 0.25) is 6.04 Å². The van der Waals surface area contributed by atoms with E-state index >= 15 is 0 Å². The Labute approximate surface area is 221 Å². The number of carbonyl (C=O) groups is 1. The van der Waals surface area contributed by atoms with E-state index in [0.717, 1.165) is 56.3 Å². The van der Waals surface area contributed by atoms with Crippen molar-refractivity contribution in [1.29, 1.82) is 0 Å². The quantitative estimate of drug-likeness (QED) is 0.0786. The molecule has 10 nitrogen and oxygen atoms in total.